The number of rotatable bonds is 4. The lowest BCUT2D eigenvalue weighted by atomic mass is 10.0. The van der Waals surface area contributed by atoms with E-state index >= 15 is 0 Å². The summed E-state index contributed by atoms with van der Waals surface area (Å²) in [4.78, 5) is 11.8. The van der Waals surface area contributed by atoms with Gasteiger partial charge in [-0.25, -0.2) is 0 Å². The van der Waals surface area contributed by atoms with Crippen LogP contribution >= 0.6 is 0 Å². The highest BCUT2D eigenvalue weighted by Gasteiger charge is 2.10. The number of benzene rings is 1. The second kappa shape index (κ2) is 4.96. The van der Waals surface area contributed by atoms with Crippen LogP contribution in [0.5, 0.6) is 0 Å². The van der Waals surface area contributed by atoms with Gasteiger partial charge in [-0.3, -0.25) is 4.79 Å². The lowest BCUT2D eigenvalue weighted by Gasteiger charge is -2.11. The van der Waals surface area contributed by atoms with Gasteiger partial charge < -0.3 is 5.32 Å². The van der Waals surface area contributed by atoms with E-state index in [1.807, 2.05) is 38.1 Å². The number of nitrogens with one attached hydrogen (secondary N) is 1. The number of carbonyl (C=O) groups is 1. The molecule has 0 unspecified atom stereocenters. The predicted molar refractivity (Wildman–Crippen MR) is 66.5 cm³/mol. The van der Waals surface area contributed by atoms with Crippen LogP contribution in [0.1, 0.15) is 39.5 Å². The molecule has 84 valence electrons. The Balaban J connectivity index is 0.00000225. The minimum Gasteiger partial charge on any atom is -0.383 e. The SMILES string of the molecule is CC(C)Nc1cccc(C(=O)C(C)C)c1.[HH]. The molecule has 0 amide bonds. The van der Waals surface area contributed by atoms with E-state index in [1.54, 1.807) is 0 Å². The van der Waals surface area contributed by atoms with Crippen LogP contribution in [0.3, 0.4) is 0 Å². The van der Waals surface area contributed by atoms with E-state index in [0.29, 0.717) is 6.04 Å². The average molecular weight is 207 g/mol. The smallest absolute Gasteiger partial charge is 0.165 e. The first kappa shape index (κ1) is 11.8. The third-order valence-corrected chi connectivity index (χ3v) is 2.13. The third-order valence-electron chi connectivity index (χ3n) is 2.13. The number of hydrogen-bond donors (Lipinski definition) is 1. The summed E-state index contributed by atoms with van der Waals surface area (Å²) in [7, 11) is 0. The molecule has 0 aliphatic rings. The first-order valence-corrected chi connectivity index (χ1v) is 5.41. The standard InChI is InChI=1S/C13H19NO.H2/c1-9(2)13(15)11-6-5-7-12(8-11)14-10(3)4;/h5-10,14H,1-4H3;1H. The molecule has 0 bridgehead atoms. The largest absolute Gasteiger partial charge is 0.383 e. The molecule has 15 heavy (non-hydrogen) atoms. The fraction of sp³-hybridized carbons (Fsp3) is 0.462. The first-order valence-electron chi connectivity index (χ1n) is 5.41. The van der Waals surface area contributed by atoms with Gasteiger partial charge in [0, 0.05) is 24.6 Å². The Morgan fingerprint density at radius 1 is 1.27 bits per heavy atom. The van der Waals surface area contributed by atoms with Crippen LogP contribution in [-0.4, -0.2) is 11.8 Å². The topological polar surface area (TPSA) is 29.1 Å². The van der Waals surface area contributed by atoms with Crippen LogP contribution in [0.15, 0.2) is 24.3 Å². The summed E-state index contributed by atoms with van der Waals surface area (Å²) in [5.41, 5.74) is 1.80. The van der Waals surface area contributed by atoms with Gasteiger partial charge in [-0.05, 0) is 26.0 Å². The molecule has 0 atom stereocenters. The molecule has 1 rings (SSSR count). The number of Topliss-reactive ketones (excluding diaryl/α,β-unsaturated/α-hetero) is 1. The first-order chi connectivity index (χ1) is 7.00. The minimum atomic E-state index is 0. The molecule has 0 aromatic heterocycles. The van der Waals surface area contributed by atoms with Crippen molar-refractivity contribution in [2.45, 2.75) is 33.7 Å². The Morgan fingerprint density at radius 2 is 1.93 bits per heavy atom. The summed E-state index contributed by atoms with van der Waals surface area (Å²) in [6.07, 6.45) is 0. The van der Waals surface area contributed by atoms with Crippen molar-refractivity contribution >= 4 is 11.5 Å². The molecule has 2 heteroatoms. The van der Waals surface area contributed by atoms with Gasteiger partial charge in [0.2, 0.25) is 0 Å². The van der Waals surface area contributed by atoms with Gasteiger partial charge in [-0.1, -0.05) is 26.0 Å². The lowest BCUT2D eigenvalue weighted by molar-refractivity contribution is 0.0939. The van der Waals surface area contributed by atoms with Crippen LogP contribution < -0.4 is 5.32 Å². The van der Waals surface area contributed by atoms with Gasteiger partial charge in [0.15, 0.2) is 5.78 Å². The second-order valence-corrected chi connectivity index (χ2v) is 4.40. The molecule has 1 N–H and O–H groups in total. The van der Waals surface area contributed by atoms with Crippen molar-refractivity contribution in [1.29, 1.82) is 0 Å². The van der Waals surface area contributed by atoms with Gasteiger partial charge in [0.25, 0.3) is 0 Å². The fourth-order valence-corrected chi connectivity index (χ4v) is 1.43. The number of ketones is 1. The maximum absolute atomic E-state index is 11.8. The van der Waals surface area contributed by atoms with Gasteiger partial charge in [0.1, 0.15) is 0 Å². The quantitative estimate of drug-likeness (QED) is 0.764. The Bertz CT molecular complexity index is 348. The van der Waals surface area contributed by atoms with E-state index in [4.69, 9.17) is 0 Å². The summed E-state index contributed by atoms with van der Waals surface area (Å²) in [5.74, 6) is 0.252. The van der Waals surface area contributed by atoms with Crippen molar-refractivity contribution in [3.63, 3.8) is 0 Å². The van der Waals surface area contributed by atoms with E-state index in [2.05, 4.69) is 19.2 Å². The van der Waals surface area contributed by atoms with Crippen LogP contribution in [0.4, 0.5) is 5.69 Å². The summed E-state index contributed by atoms with van der Waals surface area (Å²) in [5, 5.41) is 3.29. The Hall–Kier alpha value is -1.31. The maximum Gasteiger partial charge on any atom is 0.165 e. The van der Waals surface area contributed by atoms with Crippen LogP contribution in [0, 0.1) is 5.92 Å². The van der Waals surface area contributed by atoms with E-state index in [9.17, 15) is 4.79 Å². The van der Waals surface area contributed by atoms with Crippen molar-refractivity contribution in [3.8, 4) is 0 Å². The van der Waals surface area contributed by atoms with E-state index in [-0.39, 0.29) is 13.1 Å². The van der Waals surface area contributed by atoms with Gasteiger partial charge in [-0.15, -0.1) is 0 Å². The number of carbonyl (C=O) groups excluding carboxylic acids is 1. The normalized spacial score (nSPS) is 10.8. The van der Waals surface area contributed by atoms with Crippen LogP contribution in [-0.2, 0) is 0 Å². The van der Waals surface area contributed by atoms with Crippen molar-refractivity contribution < 1.29 is 6.22 Å². The molecule has 1 aromatic rings. The van der Waals surface area contributed by atoms with Gasteiger partial charge in [-0.2, -0.15) is 0 Å². The Kier molecular flexibility index (Phi) is 3.89. The highest BCUT2D eigenvalue weighted by molar-refractivity contribution is 5.98. The molecule has 1 aromatic carbocycles. The summed E-state index contributed by atoms with van der Waals surface area (Å²) < 4.78 is 0. The third kappa shape index (κ3) is 3.39. The maximum atomic E-state index is 11.8. The number of hydrogen-bond acceptors (Lipinski definition) is 2. The van der Waals surface area contributed by atoms with Crippen molar-refractivity contribution in [2.75, 3.05) is 5.32 Å². The van der Waals surface area contributed by atoms with Crippen molar-refractivity contribution in [3.05, 3.63) is 29.8 Å². The average Bonchev–Trinajstić information content (AvgIpc) is 2.16. The van der Waals surface area contributed by atoms with Crippen molar-refractivity contribution in [2.24, 2.45) is 5.92 Å². The highest BCUT2D eigenvalue weighted by Crippen LogP contribution is 2.15. The monoisotopic (exact) mass is 207 g/mol. The Morgan fingerprint density at radius 3 is 2.47 bits per heavy atom. The highest BCUT2D eigenvalue weighted by atomic mass is 16.1. The molecule has 2 nitrogen and oxygen atoms in total. The molecule has 0 aliphatic heterocycles. The Labute approximate surface area is 93.2 Å². The molecule has 0 fully saturated rings. The molecule has 0 heterocycles. The molecule has 0 radical (unpaired) electrons. The zero-order chi connectivity index (χ0) is 11.4. The van der Waals surface area contributed by atoms with E-state index in [1.165, 1.54) is 0 Å². The predicted octanol–water partition coefficient (Wildman–Crippen LogP) is 3.59. The molecule has 0 saturated carbocycles. The molecule has 0 saturated heterocycles. The molecule has 0 aliphatic carbocycles. The van der Waals surface area contributed by atoms with E-state index in [0.717, 1.165) is 11.3 Å². The molecule has 0 spiro atoms. The molecular formula is C13H21NO. The summed E-state index contributed by atoms with van der Waals surface area (Å²) in [6, 6.07) is 8.07. The molecular weight excluding hydrogens is 186 g/mol. The van der Waals surface area contributed by atoms with Crippen LogP contribution in [0.25, 0.3) is 0 Å². The van der Waals surface area contributed by atoms with E-state index < -0.39 is 0 Å². The lowest BCUT2D eigenvalue weighted by Crippen LogP contribution is -2.11. The van der Waals surface area contributed by atoms with Gasteiger partial charge in [0.05, 0.1) is 0 Å². The fourth-order valence-electron chi connectivity index (χ4n) is 1.43. The minimum absolute atomic E-state index is 0. The van der Waals surface area contributed by atoms with Gasteiger partial charge >= 0.3 is 0 Å². The second-order valence-electron chi connectivity index (χ2n) is 4.40. The summed E-state index contributed by atoms with van der Waals surface area (Å²) in [6.45, 7) is 8.00. The van der Waals surface area contributed by atoms with Crippen LogP contribution in [0.2, 0.25) is 0 Å². The zero-order valence-corrected chi connectivity index (χ0v) is 9.87. The number of anilines is 1. The zero-order valence-electron chi connectivity index (χ0n) is 9.87. The van der Waals surface area contributed by atoms with Crippen molar-refractivity contribution in [1.82, 2.24) is 0 Å². The summed E-state index contributed by atoms with van der Waals surface area (Å²) >= 11 is 0.